The lowest BCUT2D eigenvalue weighted by Crippen LogP contribution is -2.15. The van der Waals surface area contributed by atoms with Crippen LogP contribution in [0.3, 0.4) is 0 Å². The van der Waals surface area contributed by atoms with E-state index in [1.807, 2.05) is 17.5 Å². The Balaban J connectivity index is 1.26. The molecule has 1 aromatic carbocycles. The minimum Gasteiger partial charge on any atom is -0.371 e. The molecule has 11 heteroatoms. The zero-order chi connectivity index (χ0) is 23.7. The SMILES string of the molecule is CC(C)c1ccc(-c2csc3nc(SCC(=O)Nc4nnc(C5CCCO5)s4)[nH]c(=O)c23)cc1. The van der Waals surface area contributed by atoms with Gasteiger partial charge in [0.15, 0.2) is 5.16 Å². The molecule has 1 aliphatic rings. The van der Waals surface area contributed by atoms with Gasteiger partial charge in [0, 0.05) is 17.6 Å². The highest BCUT2D eigenvalue weighted by atomic mass is 32.2. The number of thiophene rings is 1. The number of thioether (sulfide) groups is 1. The first-order chi connectivity index (χ1) is 16.5. The number of carbonyl (C=O) groups excluding carboxylic acids is 1. The number of hydrogen-bond donors (Lipinski definition) is 2. The van der Waals surface area contributed by atoms with Gasteiger partial charge in [0.1, 0.15) is 15.9 Å². The van der Waals surface area contributed by atoms with Crippen LogP contribution in [0, 0.1) is 0 Å². The van der Waals surface area contributed by atoms with Crippen molar-refractivity contribution in [3.8, 4) is 11.1 Å². The van der Waals surface area contributed by atoms with Crippen LogP contribution in [-0.4, -0.2) is 38.4 Å². The van der Waals surface area contributed by atoms with Gasteiger partial charge in [-0.2, -0.15) is 0 Å². The summed E-state index contributed by atoms with van der Waals surface area (Å²) in [5, 5.41) is 15.1. The van der Waals surface area contributed by atoms with Crippen LogP contribution in [0.5, 0.6) is 0 Å². The van der Waals surface area contributed by atoms with E-state index in [0.29, 0.717) is 26.4 Å². The molecule has 0 bridgehead atoms. The van der Waals surface area contributed by atoms with Crippen LogP contribution in [0.25, 0.3) is 21.3 Å². The van der Waals surface area contributed by atoms with Gasteiger partial charge in [0.2, 0.25) is 11.0 Å². The molecule has 0 aliphatic carbocycles. The van der Waals surface area contributed by atoms with E-state index in [1.54, 1.807) is 0 Å². The van der Waals surface area contributed by atoms with Gasteiger partial charge in [-0.15, -0.1) is 21.5 Å². The summed E-state index contributed by atoms with van der Waals surface area (Å²) in [5.74, 6) is 0.309. The van der Waals surface area contributed by atoms with Gasteiger partial charge in [0.25, 0.3) is 5.56 Å². The second-order valence-corrected chi connectivity index (χ2v) is 11.1. The van der Waals surface area contributed by atoms with Crippen LogP contribution in [0.15, 0.2) is 39.6 Å². The van der Waals surface area contributed by atoms with Crippen molar-refractivity contribution in [1.29, 1.82) is 0 Å². The number of rotatable bonds is 7. The average Bonchev–Trinajstić information content (AvgIpc) is 3.58. The Morgan fingerprint density at radius 2 is 2.12 bits per heavy atom. The maximum atomic E-state index is 12.9. The lowest BCUT2D eigenvalue weighted by Gasteiger charge is -2.06. The Morgan fingerprint density at radius 3 is 2.85 bits per heavy atom. The van der Waals surface area contributed by atoms with Crippen molar-refractivity contribution in [2.45, 2.75) is 43.9 Å². The van der Waals surface area contributed by atoms with Crippen LogP contribution in [0.2, 0.25) is 0 Å². The molecular weight excluding hydrogens is 490 g/mol. The van der Waals surface area contributed by atoms with Crippen molar-refractivity contribution in [3.05, 3.63) is 50.6 Å². The predicted molar refractivity (Wildman–Crippen MR) is 137 cm³/mol. The molecule has 0 radical (unpaired) electrons. The fourth-order valence-corrected chi connectivity index (χ4v) is 6.24. The summed E-state index contributed by atoms with van der Waals surface area (Å²) >= 11 is 3.93. The summed E-state index contributed by atoms with van der Waals surface area (Å²) in [7, 11) is 0. The molecule has 34 heavy (non-hydrogen) atoms. The number of carbonyl (C=O) groups is 1. The van der Waals surface area contributed by atoms with Crippen LogP contribution in [0.4, 0.5) is 5.13 Å². The largest absolute Gasteiger partial charge is 0.371 e. The van der Waals surface area contributed by atoms with Crippen molar-refractivity contribution in [2.24, 2.45) is 0 Å². The molecule has 2 N–H and O–H groups in total. The van der Waals surface area contributed by atoms with E-state index in [4.69, 9.17) is 4.74 Å². The average molecular weight is 514 g/mol. The predicted octanol–water partition coefficient (Wildman–Crippen LogP) is 5.21. The van der Waals surface area contributed by atoms with Crippen molar-refractivity contribution < 1.29 is 9.53 Å². The topological polar surface area (TPSA) is 110 Å². The number of aromatic amines is 1. The third kappa shape index (κ3) is 4.92. The molecule has 1 fully saturated rings. The maximum absolute atomic E-state index is 12.9. The maximum Gasteiger partial charge on any atom is 0.260 e. The van der Waals surface area contributed by atoms with Gasteiger partial charge in [-0.05, 0) is 29.9 Å². The smallest absolute Gasteiger partial charge is 0.260 e. The Labute approximate surface area is 208 Å². The molecule has 8 nitrogen and oxygen atoms in total. The standard InChI is InChI=1S/C23H23N5O3S3/c1-12(2)13-5-7-14(8-6-13)15-10-32-21-18(15)19(30)25-22(26-21)33-11-17(29)24-23-28-27-20(34-23)16-4-3-9-31-16/h5-8,10,12,16H,3-4,9,11H2,1-2H3,(H,24,28,29)(H,25,26,30). The number of nitrogens with zero attached hydrogens (tertiary/aromatic N) is 3. The zero-order valence-corrected chi connectivity index (χ0v) is 21.1. The Bertz CT molecular complexity index is 1370. The molecule has 0 saturated carbocycles. The molecule has 0 spiro atoms. The number of H-pyrrole nitrogens is 1. The number of amides is 1. The first kappa shape index (κ1) is 23.2. The highest BCUT2D eigenvalue weighted by Gasteiger charge is 2.22. The monoisotopic (exact) mass is 513 g/mol. The van der Waals surface area contributed by atoms with Gasteiger partial charge < -0.3 is 9.72 Å². The quantitative estimate of drug-likeness (QED) is 0.258. The summed E-state index contributed by atoms with van der Waals surface area (Å²) in [5.41, 5.74) is 2.91. The van der Waals surface area contributed by atoms with Crippen molar-refractivity contribution >= 4 is 55.7 Å². The summed E-state index contributed by atoms with van der Waals surface area (Å²) in [4.78, 5) is 33.3. The van der Waals surface area contributed by atoms with E-state index in [2.05, 4.69) is 51.5 Å². The molecule has 1 saturated heterocycles. The molecular formula is C23H23N5O3S3. The Hall–Kier alpha value is -2.60. The highest BCUT2D eigenvalue weighted by molar-refractivity contribution is 7.99. The fraction of sp³-hybridized carbons (Fsp3) is 0.348. The number of nitrogens with one attached hydrogen (secondary N) is 2. The zero-order valence-electron chi connectivity index (χ0n) is 18.7. The summed E-state index contributed by atoms with van der Waals surface area (Å²) in [6.07, 6.45) is 1.91. The van der Waals surface area contributed by atoms with Gasteiger partial charge in [-0.25, -0.2) is 4.98 Å². The number of benzene rings is 1. The number of hydrogen-bond acceptors (Lipinski definition) is 9. The second-order valence-electron chi connectivity index (χ2n) is 8.26. The summed E-state index contributed by atoms with van der Waals surface area (Å²) < 4.78 is 5.60. The number of anilines is 1. The lowest BCUT2D eigenvalue weighted by atomic mass is 9.99. The Kier molecular flexibility index (Phi) is 6.77. The van der Waals surface area contributed by atoms with Crippen LogP contribution < -0.4 is 10.9 Å². The lowest BCUT2D eigenvalue weighted by molar-refractivity contribution is -0.113. The molecule has 176 valence electrons. The van der Waals surface area contributed by atoms with E-state index in [9.17, 15) is 9.59 Å². The summed E-state index contributed by atoms with van der Waals surface area (Å²) in [6.45, 7) is 5.04. The molecule has 3 aromatic heterocycles. The molecule has 1 atom stereocenters. The molecule has 1 amide bonds. The molecule has 1 aliphatic heterocycles. The van der Waals surface area contributed by atoms with E-state index in [1.165, 1.54) is 40.0 Å². The van der Waals surface area contributed by atoms with E-state index < -0.39 is 0 Å². The van der Waals surface area contributed by atoms with E-state index in [0.717, 1.165) is 35.6 Å². The third-order valence-corrected chi connectivity index (χ3v) is 8.22. The van der Waals surface area contributed by atoms with Gasteiger partial charge in [-0.1, -0.05) is 61.2 Å². The van der Waals surface area contributed by atoms with Gasteiger partial charge in [0.05, 0.1) is 11.1 Å². The number of fused-ring (bicyclic) bond motifs is 1. The van der Waals surface area contributed by atoms with Crippen molar-refractivity contribution in [1.82, 2.24) is 20.2 Å². The first-order valence-electron chi connectivity index (χ1n) is 11.0. The van der Waals surface area contributed by atoms with Crippen LogP contribution in [0.1, 0.15) is 49.3 Å². The van der Waals surface area contributed by atoms with Crippen molar-refractivity contribution in [2.75, 3.05) is 17.7 Å². The second kappa shape index (κ2) is 9.95. The van der Waals surface area contributed by atoms with E-state index >= 15 is 0 Å². The minimum atomic E-state index is -0.236. The normalized spacial score (nSPS) is 15.9. The summed E-state index contributed by atoms with van der Waals surface area (Å²) in [6, 6.07) is 8.27. The fourth-order valence-electron chi connectivity index (χ4n) is 3.73. The molecule has 5 rings (SSSR count). The molecule has 1 unspecified atom stereocenters. The third-order valence-electron chi connectivity index (χ3n) is 5.54. The first-order valence-corrected chi connectivity index (χ1v) is 13.7. The van der Waals surface area contributed by atoms with E-state index in [-0.39, 0.29) is 23.3 Å². The highest BCUT2D eigenvalue weighted by Crippen LogP contribution is 2.33. The van der Waals surface area contributed by atoms with Crippen LogP contribution >= 0.6 is 34.4 Å². The van der Waals surface area contributed by atoms with Crippen LogP contribution in [-0.2, 0) is 9.53 Å². The molecule has 4 aromatic rings. The Morgan fingerprint density at radius 1 is 1.29 bits per heavy atom. The van der Waals surface area contributed by atoms with Crippen molar-refractivity contribution in [3.63, 3.8) is 0 Å². The number of ether oxygens (including phenoxy) is 1. The minimum absolute atomic E-state index is 0.0256. The number of aromatic nitrogens is 4. The van der Waals surface area contributed by atoms with Gasteiger partial charge >= 0.3 is 0 Å². The van der Waals surface area contributed by atoms with Gasteiger partial charge in [-0.3, -0.25) is 14.9 Å². The molecule has 4 heterocycles.